The number of nitrogens with one attached hydrogen (secondary N) is 2. The van der Waals surface area contributed by atoms with Crippen molar-refractivity contribution in [3.63, 3.8) is 0 Å². The van der Waals surface area contributed by atoms with Gasteiger partial charge in [-0.3, -0.25) is 9.59 Å². The molecule has 0 aliphatic heterocycles. The van der Waals surface area contributed by atoms with E-state index in [1.165, 1.54) is 0 Å². The van der Waals surface area contributed by atoms with Crippen molar-refractivity contribution in [1.82, 2.24) is 5.32 Å². The summed E-state index contributed by atoms with van der Waals surface area (Å²) >= 11 is 0. The Hall–Kier alpha value is -3.74. The number of carbonyl (C=O) groups is 2. The molecule has 3 aromatic carbocycles. The maximum atomic E-state index is 13.6. The Kier molecular flexibility index (Phi) is 6.52. The second-order valence-electron chi connectivity index (χ2n) is 6.12. The summed E-state index contributed by atoms with van der Waals surface area (Å²) in [5.41, 5.74) is 0.261. The molecule has 0 atom stereocenters. The quantitative estimate of drug-likeness (QED) is 0.617. The van der Waals surface area contributed by atoms with E-state index in [2.05, 4.69) is 10.6 Å². The summed E-state index contributed by atoms with van der Waals surface area (Å²) in [6.07, 6.45) is -0.0156. The van der Waals surface area contributed by atoms with Gasteiger partial charge in [0.15, 0.2) is 0 Å². The predicted molar refractivity (Wildman–Crippen MR) is 105 cm³/mol. The SMILES string of the molecule is O=C(CCNC(=O)c1ccc(F)cc1F)Nc1cccc(Oc2ccccc2)c1. The van der Waals surface area contributed by atoms with Crippen LogP contribution in [0.4, 0.5) is 14.5 Å². The minimum Gasteiger partial charge on any atom is -0.457 e. The van der Waals surface area contributed by atoms with Crippen molar-refractivity contribution in [2.75, 3.05) is 11.9 Å². The Morgan fingerprint density at radius 1 is 0.862 bits per heavy atom. The highest BCUT2D eigenvalue weighted by molar-refractivity contribution is 5.95. The number of benzene rings is 3. The van der Waals surface area contributed by atoms with Crippen LogP contribution < -0.4 is 15.4 Å². The number of rotatable bonds is 7. The molecule has 3 aromatic rings. The van der Waals surface area contributed by atoms with Gasteiger partial charge in [-0.2, -0.15) is 0 Å². The molecule has 29 heavy (non-hydrogen) atoms. The second kappa shape index (κ2) is 9.45. The van der Waals surface area contributed by atoms with E-state index in [0.717, 1.165) is 12.1 Å². The summed E-state index contributed by atoms with van der Waals surface area (Å²) in [5, 5.41) is 5.14. The third-order valence-electron chi connectivity index (χ3n) is 3.91. The van der Waals surface area contributed by atoms with Gasteiger partial charge in [-0.15, -0.1) is 0 Å². The van der Waals surface area contributed by atoms with E-state index in [1.807, 2.05) is 30.3 Å². The van der Waals surface area contributed by atoms with Crippen molar-refractivity contribution in [3.8, 4) is 11.5 Å². The number of anilines is 1. The van der Waals surface area contributed by atoms with E-state index >= 15 is 0 Å². The first-order valence-corrected chi connectivity index (χ1v) is 8.87. The molecular formula is C22H18F2N2O3. The molecule has 0 spiro atoms. The lowest BCUT2D eigenvalue weighted by atomic mass is 10.2. The summed E-state index contributed by atoms with van der Waals surface area (Å²) in [4.78, 5) is 24.0. The van der Waals surface area contributed by atoms with Crippen LogP contribution in [0.3, 0.4) is 0 Å². The van der Waals surface area contributed by atoms with E-state index in [-0.39, 0.29) is 24.4 Å². The van der Waals surface area contributed by atoms with Crippen LogP contribution in [0, 0.1) is 11.6 Å². The number of hydrogen-bond donors (Lipinski definition) is 2. The van der Waals surface area contributed by atoms with Crippen molar-refractivity contribution in [3.05, 3.63) is 90.0 Å². The molecule has 2 amide bonds. The smallest absolute Gasteiger partial charge is 0.254 e. The lowest BCUT2D eigenvalue weighted by molar-refractivity contribution is -0.116. The fourth-order valence-corrected chi connectivity index (χ4v) is 2.54. The van der Waals surface area contributed by atoms with Gasteiger partial charge in [0.05, 0.1) is 5.56 Å². The molecule has 5 nitrogen and oxygen atoms in total. The summed E-state index contributed by atoms with van der Waals surface area (Å²) in [6, 6.07) is 18.8. The largest absolute Gasteiger partial charge is 0.457 e. The van der Waals surface area contributed by atoms with Crippen LogP contribution in [0.25, 0.3) is 0 Å². The molecule has 3 rings (SSSR count). The average molecular weight is 396 g/mol. The molecule has 0 aromatic heterocycles. The molecule has 0 unspecified atom stereocenters. The zero-order valence-electron chi connectivity index (χ0n) is 15.3. The second-order valence-corrected chi connectivity index (χ2v) is 6.12. The molecule has 0 aliphatic rings. The monoisotopic (exact) mass is 396 g/mol. The summed E-state index contributed by atoms with van der Waals surface area (Å²) in [5.74, 6) is -1.53. The van der Waals surface area contributed by atoms with Crippen molar-refractivity contribution in [1.29, 1.82) is 0 Å². The summed E-state index contributed by atoms with van der Waals surface area (Å²) in [7, 11) is 0. The highest BCUT2D eigenvalue weighted by Crippen LogP contribution is 2.23. The Morgan fingerprint density at radius 2 is 1.62 bits per heavy atom. The van der Waals surface area contributed by atoms with E-state index in [9.17, 15) is 18.4 Å². The summed E-state index contributed by atoms with van der Waals surface area (Å²) in [6.45, 7) is 0.00168. The molecule has 7 heteroatoms. The van der Waals surface area contributed by atoms with E-state index in [0.29, 0.717) is 23.3 Å². The van der Waals surface area contributed by atoms with Crippen LogP contribution in [0.2, 0.25) is 0 Å². The molecule has 148 valence electrons. The Morgan fingerprint density at radius 3 is 2.38 bits per heavy atom. The van der Waals surface area contributed by atoms with Gasteiger partial charge in [0.1, 0.15) is 23.1 Å². The molecule has 2 N–H and O–H groups in total. The van der Waals surface area contributed by atoms with E-state index in [4.69, 9.17) is 4.74 Å². The lowest BCUT2D eigenvalue weighted by Gasteiger charge is -2.09. The topological polar surface area (TPSA) is 67.4 Å². The fraction of sp³-hybridized carbons (Fsp3) is 0.0909. The molecule has 0 heterocycles. The van der Waals surface area contributed by atoms with Crippen molar-refractivity contribution >= 4 is 17.5 Å². The van der Waals surface area contributed by atoms with Crippen molar-refractivity contribution in [2.45, 2.75) is 6.42 Å². The van der Waals surface area contributed by atoms with Gasteiger partial charge >= 0.3 is 0 Å². The molecular weight excluding hydrogens is 378 g/mol. The van der Waals surface area contributed by atoms with Gasteiger partial charge in [0, 0.05) is 30.8 Å². The van der Waals surface area contributed by atoms with Gasteiger partial charge < -0.3 is 15.4 Å². The molecule has 0 saturated carbocycles. The minimum absolute atomic E-state index is 0.00168. The number of hydrogen-bond acceptors (Lipinski definition) is 3. The third kappa shape index (κ3) is 5.87. The van der Waals surface area contributed by atoms with Gasteiger partial charge in [0.2, 0.25) is 5.91 Å². The van der Waals surface area contributed by atoms with E-state index in [1.54, 1.807) is 24.3 Å². The maximum absolute atomic E-state index is 13.6. The zero-order chi connectivity index (χ0) is 20.6. The van der Waals surface area contributed by atoms with E-state index < -0.39 is 17.5 Å². The number of halogens is 2. The highest BCUT2D eigenvalue weighted by atomic mass is 19.1. The predicted octanol–water partition coefficient (Wildman–Crippen LogP) is 4.52. The standard InChI is InChI=1S/C22H18F2N2O3/c23-15-9-10-19(20(24)13-15)22(28)25-12-11-21(27)26-16-5-4-8-18(14-16)29-17-6-2-1-3-7-17/h1-10,13-14H,11-12H2,(H,25,28)(H,26,27). The van der Waals surface area contributed by atoms with Crippen LogP contribution in [0.5, 0.6) is 11.5 Å². The number of carbonyl (C=O) groups excluding carboxylic acids is 2. The maximum Gasteiger partial charge on any atom is 0.254 e. The molecule has 0 saturated heterocycles. The van der Waals surface area contributed by atoms with Crippen molar-refractivity contribution in [2.24, 2.45) is 0 Å². The molecule has 0 aliphatic carbocycles. The van der Waals surface area contributed by atoms with Crippen molar-refractivity contribution < 1.29 is 23.1 Å². The minimum atomic E-state index is -0.956. The van der Waals surface area contributed by atoms with Gasteiger partial charge in [0.25, 0.3) is 5.91 Å². The van der Waals surface area contributed by atoms with Crippen LogP contribution in [0.1, 0.15) is 16.8 Å². The lowest BCUT2D eigenvalue weighted by Crippen LogP contribution is -2.28. The number of ether oxygens (including phenoxy) is 1. The van der Waals surface area contributed by atoms with Crippen LogP contribution >= 0.6 is 0 Å². The van der Waals surface area contributed by atoms with Crippen LogP contribution in [-0.2, 0) is 4.79 Å². The molecule has 0 fully saturated rings. The highest BCUT2D eigenvalue weighted by Gasteiger charge is 2.12. The Bertz CT molecular complexity index is 1010. The Labute approximate surface area is 166 Å². The van der Waals surface area contributed by atoms with Gasteiger partial charge in [-0.1, -0.05) is 24.3 Å². The first-order chi connectivity index (χ1) is 14.0. The molecule has 0 radical (unpaired) electrons. The average Bonchev–Trinajstić information content (AvgIpc) is 2.69. The first-order valence-electron chi connectivity index (χ1n) is 8.87. The number of amides is 2. The first kappa shape index (κ1) is 20.0. The van der Waals surface area contributed by atoms with Gasteiger partial charge in [-0.05, 0) is 36.4 Å². The van der Waals surface area contributed by atoms with Crippen LogP contribution in [-0.4, -0.2) is 18.4 Å². The number of para-hydroxylation sites is 1. The summed E-state index contributed by atoms with van der Waals surface area (Å²) < 4.78 is 32.2. The third-order valence-corrected chi connectivity index (χ3v) is 3.91. The molecule has 0 bridgehead atoms. The zero-order valence-corrected chi connectivity index (χ0v) is 15.3. The van der Waals surface area contributed by atoms with Crippen LogP contribution in [0.15, 0.2) is 72.8 Å². The van der Waals surface area contributed by atoms with Gasteiger partial charge in [-0.25, -0.2) is 8.78 Å². The fourth-order valence-electron chi connectivity index (χ4n) is 2.54. The Balaban J connectivity index is 1.49. The normalized spacial score (nSPS) is 10.3.